The molecule has 0 fully saturated rings. The van der Waals surface area contributed by atoms with Gasteiger partial charge in [-0.05, 0) is 60.5 Å². The molecule has 0 aliphatic heterocycles. The Morgan fingerprint density at radius 2 is 1.68 bits per heavy atom. The summed E-state index contributed by atoms with van der Waals surface area (Å²) in [5.74, 6) is -0.926. The maximum Gasteiger partial charge on any atom is 0.255 e. The third kappa shape index (κ3) is 4.84. The van der Waals surface area contributed by atoms with Gasteiger partial charge in [0.15, 0.2) is 0 Å². The monoisotopic (exact) mass is 440 g/mol. The fourth-order valence-corrected chi connectivity index (χ4v) is 3.03. The lowest BCUT2D eigenvalue weighted by Crippen LogP contribution is -2.23. The van der Waals surface area contributed by atoms with E-state index < -0.39 is 0 Å². The molecule has 0 saturated carbocycles. The number of aryl methyl sites for hydroxylation is 1. The SMILES string of the molecule is Cc1ccc(C(=O)NCc2cc(F)ccc2Br)cc1NC(=O)c1ccccc1. The number of rotatable bonds is 5. The van der Waals surface area contributed by atoms with Crippen molar-refractivity contribution in [2.75, 3.05) is 5.32 Å². The summed E-state index contributed by atoms with van der Waals surface area (Å²) in [6.07, 6.45) is 0. The first-order chi connectivity index (χ1) is 13.4. The summed E-state index contributed by atoms with van der Waals surface area (Å²) < 4.78 is 14.1. The third-order valence-corrected chi connectivity index (χ3v) is 5.00. The van der Waals surface area contributed by atoms with Gasteiger partial charge in [-0.2, -0.15) is 0 Å². The molecule has 28 heavy (non-hydrogen) atoms. The molecule has 0 aliphatic carbocycles. The molecule has 2 amide bonds. The summed E-state index contributed by atoms with van der Waals surface area (Å²) in [4.78, 5) is 24.9. The van der Waals surface area contributed by atoms with Crippen molar-refractivity contribution in [1.29, 1.82) is 0 Å². The normalized spacial score (nSPS) is 10.4. The molecular formula is C22H18BrFN2O2. The standard InChI is InChI=1S/C22H18BrFN2O2/c1-14-7-8-16(12-20(14)26-22(28)15-5-3-2-4-6-15)21(27)25-13-17-11-18(24)9-10-19(17)23/h2-12H,13H2,1H3,(H,25,27)(H,26,28). The zero-order valence-corrected chi connectivity index (χ0v) is 16.7. The van der Waals surface area contributed by atoms with Gasteiger partial charge < -0.3 is 10.6 Å². The first-order valence-electron chi connectivity index (χ1n) is 8.63. The average Bonchev–Trinajstić information content (AvgIpc) is 2.70. The summed E-state index contributed by atoms with van der Waals surface area (Å²) in [6, 6.07) is 18.2. The fourth-order valence-electron chi connectivity index (χ4n) is 2.64. The van der Waals surface area contributed by atoms with Gasteiger partial charge in [-0.25, -0.2) is 4.39 Å². The first-order valence-corrected chi connectivity index (χ1v) is 9.42. The molecule has 0 radical (unpaired) electrons. The number of carbonyl (C=O) groups is 2. The van der Waals surface area contributed by atoms with Crippen molar-refractivity contribution in [1.82, 2.24) is 5.32 Å². The first kappa shape index (κ1) is 19.8. The Bertz CT molecular complexity index is 1020. The highest BCUT2D eigenvalue weighted by Gasteiger charge is 2.12. The van der Waals surface area contributed by atoms with Crippen LogP contribution in [0, 0.1) is 12.7 Å². The Labute approximate surface area is 170 Å². The van der Waals surface area contributed by atoms with Crippen molar-refractivity contribution in [2.24, 2.45) is 0 Å². The Balaban J connectivity index is 1.72. The van der Waals surface area contributed by atoms with E-state index in [0.717, 1.165) is 5.56 Å². The maximum absolute atomic E-state index is 13.4. The van der Waals surface area contributed by atoms with Crippen LogP contribution in [0.2, 0.25) is 0 Å². The molecule has 0 bridgehead atoms. The number of benzene rings is 3. The van der Waals surface area contributed by atoms with Gasteiger partial charge in [-0.3, -0.25) is 9.59 Å². The molecular weight excluding hydrogens is 423 g/mol. The van der Waals surface area contributed by atoms with Crippen molar-refractivity contribution < 1.29 is 14.0 Å². The van der Waals surface area contributed by atoms with Crippen molar-refractivity contribution in [2.45, 2.75) is 13.5 Å². The van der Waals surface area contributed by atoms with Gasteiger partial charge in [0, 0.05) is 27.8 Å². The van der Waals surface area contributed by atoms with E-state index in [4.69, 9.17) is 0 Å². The minimum absolute atomic E-state index is 0.177. The van der Waals surface area contributed by atoms with Crippen LogP contribution in [0.1, 0.15) is 31.8 Å². The zero-order chi connectivity index (χ0) is 20.1. The molecule has 3 rings (SSSR count). The summed E-state index contributed by atoms with van der Waals surface area (Å²) in [6.45, 7) is 2.03. The summed E-state index contributed by atoms with van der Waals surface area (Å²) in [5, 5.41) is 5.60. The van der Waals surface area contributed by atoms with Crippen LogP contribution in [0.15, 0.2) is 71.2 Å². The molecule has 2 N–H and O–H groups in total. The Kier molecular flexibility index (Phi) is 6.21. The number of nitrogens with one attached hydrogen (secondary N) is 2. The minimum Gasteiger partial charge on any atom is -0.348 e. The van der Waals surface area contributed by atoms with E-state index in [0.29, 0.717) is 26.9 Å². The van der Waals surface area contributed by atoms with E-state index in [9.17, 15) is 14.0 Å². The highest BCUT2D eigenvalue weighted by molar-refractivity contribution is 9.10. The second kappa shape index (κ2) is 8.80. The topological polar surface area (TPSA) is 58.2 Å². The molecule has 3 aromatic rings. The Morgan fingerprint density at radius 3 is 2.43 bits per heavy atom. The van der Waals surface area contributed by atoms with Gasteiger partial charge in [0.05, 0.1) is 0 Å². The lowest BCUT2D eigenvalue weighted by molar-refractivity contribution is 0.0949. The van der Waals surface area contributed by atoms with Crippen LogP contribution in [-0.4, -0.2) is 11.8 Å². The predicted octanol–water partition coefficient (Wildman–Crippen LogP) is 5.08. The predicted molar refractivity (Wildman–Crippen MR) is 111 cm³/mol. The largest absolute Gasteiger partial charge is 0.348 e. The van der Waals surface area contributed by atoms with E-state index in [1.54, 1.807) is 48.5 Å². The molecule has 4 nitrogen and oxygen atoms in total. The van der Waals surface area contributed by atoms with Crippen LogP contribution in [0.5, 0.6) is 0 Å². The lowest BCUT2D eigenvalue weighted by atomic mass is 10.1. The molecule has 6 heteroatoms. The average molecular weight is 441 g/mol. The number of carbonyl (C=O) groups excluding carboxylic acids is 2. The van der Waals surface area contributed by atoms with Gasteiger partial charge in [-0.15, -0.1) is 0 Å². The second-order valence-electron chi connectivity index (χ2n) is 6.27. The van der Waals surface area contributed by atoms with E-state index in [1.807, 2.05) is 13.0 Å². The van der Waals surface area contributed by atoms with Gasteiger partial charge in [0.25, 0.3) is 11.8 Å². The number of halogens is 2. The fraction of sp³-hybridized carbons (Fsp3) is 0.0909. The summed E-state index contributed by atoms with van der Waals surface area (Å²) in [5.41, 5.74) is 2.98. The molecule has 0 unspecified atom stereocenters. The second-order valence-corrected chi connectivity index (χ2v) is 7.12. The van der Waals surface area contributed by atoms with Crippen molar-refractivity contribution in [3.05, 3.63) is 99.3 Å². The van der Waals surface area contributed by atoms with Gasteiger partial charge in [-0.1, -0.05) is 40.2 Å². The quantitative estimate of drug-likeness (QED) is 0.581. The zero-order valence-electron chi connectivity index (χ0n) is 15.1. The number of hydrogen-bond acceptors (Lipinski definition) is 2. The van der Waals surface area contributed by atoms with E-state index in [2.05, 4.69) is 26.6 Å². The van der Waals surface area contributed by atoms with E-state index in [1.165, 1.54) is 12.1 Å². The molecule has 0 aromatic heterocycles. The molecule has 0 atom stereocenters. The van der Waals surface area contributed by atoms with Crippen LogP contribution in [0.25, 0.3) is 0 Å². The molecule has 3 aromatic carbocycles. The Hall–Kier alpha value is -2.99. The highest BCUT2D eigenvalue weighted by Crippen LogP contribution is 2.20. The molecule has 0 spiro atoms. The molecule has 0 heterocycles. The van der Waals surface area contributed by atoms with Gasteiger partial charge >= 0.3 is 0 Å². The van der Waals surface area contributed by atoms with Crippen molar-refractivity contribution in [3.8, 4) is 0 Å². The van der Waals surface area contributed by atoms with Gasteiger partial charge in [0.2, 0.25) is 0 Å². The van der Waals surface area contributed by atoms with Crippen LogP contribution >= 0.6 is 15.9 Å². The highest BCUT2D eigenvalue weighted by atomic mass is 79.9. The number of hydrogen-bond donors (Lipinski definition) is 2. The number of anilines is 1. The smallest absolute Gasteiger partial charge is 0.255 e. The lowest BCUT2D eigenvalue weighted by Gasteiger charge is -2.12. The molecule has 0 saturated heterocycles. The number of amides is 2. The van der Waals surface area contributed by atoms with Crippen LogP contribution < -0.4 is 10.6 Å². The minimum atomic E-state index is -0.367. The maximum atomic E-state index is 13.4. The van der Waals surface area contributed by atoms with Gasteiger partial charge in [0.1, 0.15) is 5.82 Å². The Morgan fingerprint density at radius 1 is 0.929 bits per heavy atom. The molecule has 0 aliphatic rings. The summed E-state index contributed by atoms with van der Waals surface area (Å²) >= 11 is 3.34. The van der Waals surface area contributed by atoms with Crippen LogP contribution in [0.4, 0.5) is 10.1 Å². The van der Waals surface area contributed by atoms with Crippen molar-refractivity contribution >= 4 is 33.4 Å². The van der Waals surface area contributed by atoms with E-state index >= 15 is 0 Å². The van der Waals surface area contributed by atoms with Crippen molar-refractivity contribution in [3.63, 3.8) is 0 Å². The third-order valence-electron chi connectivity index (χ3n) is 4.23. The van der Waals surface area contributed by atoms with E-state index in [-0.39, 0.29) is 24.2 Å². The summed E-state index contributed by atoms with van der Waals surface area (Å²) in [7, 11) is 0. The van der Waals surface area contributed by atoms with Crippen LogP contribution in [-0.2, 0) is 6.54 Å². The molecule has 142 valence electrons. The van der Waals surface area contributed by atoms with Crippen LogP contribution in [0.3, 0.4) is 0 Å².